The van der Waals surface area contributed by atoms with Gasteiger partial charge < -0.3 is 5.73 Å². The van der Waals surface area contributed by atoms with E-state index < -0.39 is 0 Å². The molecule has 0 aromatic heterocycles. The Morgan fingerprint density at radius 3 is 2.58 bits per heavy atom. The van der Waals surface area contributed by atoms with Crippen LogP contribution in [0, 0.1) is 19.3 Å². The maximum atomic E-state index is 7.64. The molecule has 19 heavy (non-hydrogen) atoms. The SMILES string of the molecule is Cc1ccc(C(=N)N)c(SCc2ccccc2C)c1. The fourth-order valence-electron chi connectivity index (χ4n) is 1.90. The highest BCUT2D eigenvalue weighted by Crippen LogP contribution is 2.28. The van der Waals surface area contributed by atoms with Crippen molar-refractivity contribution in [2.75, 3.05) is 0 Å². The average Bonchev–Trinajstić information content (AvgIpc) is 2.37. The molecule has 0 spiro atoms. The van der Waals surface area contributed by atoms with Gasteiger partial charge in [0, 0.05) is 16.2 Å². The molecule has 0 amide bonds. The first-order valence-corrected chi connectivity index (χ1v) is 7.19. The molecule has 2 nitrogen and oxygen atoms in total. The summed E-state index contributed by atoms with van der Waals surface area (Å²) in [6.45, 7) is 4.18. The molecule has 0 aliphatic carbocycles. The quantitative estimate of drug-likeness (QED) is 0.503. The standard InChI is InChI=1S/C16H18N2S/c1-11-7-8-14(16(17)18)15(9-11)19-10-13-6-4-3-5-12(13)2/h3-9H,10H2,1-2H3,(H3,17,18). The Morgan fingerprint density at radius 2 is 1.89 bits per heavy atom. The number of aryl methyl sites for hydroxylation is 2. The van der Waals surface area contributed by atoms with E-state index >= 15 is 0 Å². The van der Waals surface area contributed by atoms with Gasteiger partial charge in [-0.25, -0.2) is 0 Å². The number of amidine groups is 1. The monoisotopic (exact) mass is 270 g/mol. The molecule has 0 atom stereocenters. The van der Waals surface area contributed by atoms with Crippen LogP contribution in [0.3, 0.4) is 0 Å². The molecule has 2 rings (SSSR count). The average molecular weight is 270 g/mol. The van der Waals surface area contributed by atoms with Crippen LogP contribution in [-0.2, 0) is 5.75 Å². The molecule has 0 saturated heterocycles. The summed E-state index contributed by atoms with van der Waals surface area (Å²) in [4.78, 5) is 1.08. The van der Waals surface area contributed by atoms with Gasteiger partial charge in [0.1, 0.15) is 5.84 Å². The van der Waals surface area contributed by atoms with Gasteiger partial charge in [-0.05, 0) is 42.7 Å². The molecule has 0 heterocycles. The second kappa shape index (κ2) is 5.93. The van der Waals surface area contributed by atoms with Crippen LogP contribution in [0.1, 0.15) is 22.3 Å². The van der Waals surface area contributed by atoms with Gasteiger partial charge in [-0.3, -0.25) is 5.41 Å². The minimum absolute atomic E-state index is 0.132. The number of thioether (sulfide) groups is 1. The van der Waals surface area contributed by atoms with Crippen LogP contribution in [-0.4, -0.2) is 5.84 Å². The molecule has 2 aromatic carbocycles. The lowest BCUT2D eigenvalue weighted by molar-refractivity contribution is 1.27. The molecule has 3 N–H and O–H groups in total. The molecule has 0 aliphatic heterocycles. The maximum Gasteiger partial charge on any atom is 0.123 e. The number of nitrogen functional groups attached to an aromatic ring is 1. The molecule has 0 aliphatic rings. The summed E-state index contributed by atoms with van der Waals surface area (Å²) >= 11 is 1.74. The first kappa shape index (κ1) is 13.7. The number of rotatable bonds is 4. The fraction of sp³-hybridized carbons (Fsp3) is 0.188. The van der Waals surface area contributed by atoms with E-state index in [0.29, 0.717) is 0 Å². The van der Waals surface area contributed by atoms with Crippen LogP contribution in [0.5, 0.6) is 0 Å². The van der Waals surface area contributed by atoms with Crippen molar-refractivity contribution in [1.82, 2.24) is 0 Å². The molecule has 98 valence electrons. The zero-order valence-electron chi connectivity index (χ0n) is 11.2. The lowest BCUT2D eigenvalue weighted by atomic mass is 10.1. The predicted molar refractivity (Wildman–Crippen MR) is 82.9 cm³/mol. The first-order chi connectivity index (χ1) is 9.08. The summed E-state index contributed by atoms with van der Waals surface area (Å²) in [7, 11) is 0. The Morgan fingerprint density at radius 1 is 1.16 bits per heavy atom. The highest BCUT2D eigenvalue weighted by atomic mass is 32.2. The molecule has 2 aromatic rings. The number of benzene rings is 2. The Hall–Kier alpha value is -1.74. The minimum Gasteiger partial charge on any atom is -0.384 e. The highest BCUT2D eigenvalue weighted by molar-refractivity contribution is 7.98. The topological polar surface area (TPSA) is 49.9 Å². The van der Waals surface area contributed by atoms with E-state index in [-0.39, 0.29) is 5.84 Å². The Balaban J connectivity index is 2.22. The fourth-order valence-corrected chi connectivity index (χ4v) is 3.14. The summed E-state index contributed by atoms with van der Waals surface area (Å²) in [6.07, 6.45) is 0. The van der Waals surface area contributed by atoms with Gasteiger partial charge in [-0.15, -0.1) is 11.8 Å². The van der Waals surface area contributed by atoms with E-state index in [9.17, 15) is 0 Å². The summed E-state index contributed by atoms with van der Waals surface area (Å²) in [5, 5.41) is 7.64. The van der Waals surface area contributed by atoms with Crippen LogP contribution < -0.4 is 5.73 Å². The Kier molecular flexibility index (Phi) is 4.27. The largest absolute Gasteiger partial charge is 0.384 e. The summed E-state index contributed by atoms with van der Waals surface area (Å²) in [6, 6.07) is 14.4. The van der Waals surface area contributed by atoms with E-state index in [1.54, 1.807) is 11.8 Å². The molecule has 0 radical (unpaired) electrons. The zero-order valence-corrected chi connectivity index (χ0v) is 12.1. The lowest BCUT2D eigenvalue weighted by Crippen LogP contribution is -2.12. The summed E-state index contributed by atoms with van der Waals surface area (Å²) < 4.78 is 0. The van der Waals surface area contributed by atoms with Gasteiger partial charge in [0.25, 0.3) is 0 Å². The van der Waals surface area contributed by atoms with Gasteiger partial charge in [0.15, 0.2) is 0 Å². The lowest BCUT2D eigenvalue weighted by Gasteiger charge is -2.10. The molecule has 0 fully saturated rings. The third-order valence-corrected chi connectivity index (χ3v) is 4.18. The summed E-state index contributed by atoms with van der Waals surface area (Å²) in [5.41, 5.74) is 10.3. The number of nitrogens with two attached hydrogens (primary N) is 1. The molecule has 0 unspecified atom stereocenters. The first-order valence-electron chi connectivity index (χ1n) is 6.20. The molecular formula is C16H18N2S. The van der Waals surface area contributed by atoms with Crippen molar-refractivity contribution in [2.45, 2.75) is 24.5 Å². The van der Waals surface area contributed by atoms with E-state index in [1.807, 2.05) is 12.1 Å². The maximum absolute atomic E-state index is 7.64. The second-order valence-corrected chi connectivity index (χ2v) is 5.65. The van der Waals surface area contributed by atoms with Crippen LogP contribution in [0.15, 0.2) is 47.4 Å². The molecule has 3 heteroatoms. The van der Waals surface area contributed by atoms with Crippen molar-refractivity contribution in [3.8, 4) is 0 Å². The predicted octanol–water partition coefficient (Wildman–Crippen LogP) is 3.88. The summed E-state index contributed by atoms with van der Waals surface area (Å²) in [5.74, 6) is 1.03. The normalized spacial score (nSPS) is 10.4. The molecule has 0 bridgehead atoms. The smallest absolute Gasteiger partial charge is 0.123 e. The van der Waals surface area contributed by atoms with Crippen LogP contribution in [0.4, 0.5) is 0 Å². The van der Waals surface area contributed by atoms with Crippen molar-refractivity contribution < 1.29 is 0 Å². The zero-order chi connectivity index (χ0) is 13.8. The third kappa shape index (κ3) is 3.38. The van der Waals surface area contributed by atoms with E-state index in [0.717, 1.165) is 16.2 Å². The van der Waals surface area contributed by atoms with Gasteiger partial charge in [-0.1, -0.05) is 30.3 Å². The van der Waals surface area contributed by atoms with Crippen LogP contribution in [0.2, 0.25) is 0 Å². The Bertz CT molecular complexity index is 605. The van der Waals surface area contributed by atoms with Gasteiger partial charge in [0.05, 0.1) is 0 Å². The van der Waals surface area contributed by atoms with Crippen molar-refractivity contribution in [1.29, 1.82) is 5.41 Å². The third-order valence-electron chi connectivity index (χ3n) is 3.07. The molecular weight excluding hydrogens is 252 g/mol. The number of hydrogen-bond acceptors (Lipinski definition) is 2. The Labute approximate surface area is 118 Å². The highest BCUT2D eigenvalue weighted by Gasteiger charge is 2.07. The minimum atomic E-state index is 0.132. The second-order valence-electron chi connectivity index (χ2n) is 4.63. The van der Waals surface area contributed by atoms with Crippen molar-refractivity contribution in [3.63, 3.8) is 0 Å². The van der Waals surface area contributed by atoms with Gasteiger partial charge >= 0.3 is 0 Å². The van der Waals surface area contributed by atoms with Crippen molar-refractivity contribution in [3.05, 3.63) is 64.7 Å². The van der Waals surface area contributed by atoms with Crippen LogP contribution in [0.25, 0.3) is 0 Å². The van der Waals surface area contributed by atoms with Gasteiger partial charge in [-0.2, -0.15) is 0 Å². The number of hydrogen-bond donors (Lipinski definition) is 2. The molecule has 0 saturated carbocycles. The van der Waals surface area contributed by atoms with Crippen molar-refractivity contribution in [2.24, 2.45) is 5.73 Å². The van der Waals surface area contributed by atoms with E-state index in [1.165, 1.54) is 16.7 Å². The number of nitrogens with one attached hydrogen (secondary N) is 1. The van der Waals surface area contributed by atoms with Crippen molar-refractivity contribution >= 4 is 17.6 Å². The van der Waals surface area contributed by atoms with Gasteiger partial charge in [0.2, 0.25) is 0 Å². The van der Waals surface area contributed by atoms with Crippen LogP contribution >= 0.6 is 11.8 Å². The van der Waals surface area contributed by atoms with E-state index in [4.69, 9.17) is 11.1 Å². The van der Waals surface area contributed by atoms with E-state index in [2.05, 4.69) is 44.2 Å².